The lowest BCUT2D eigenvalue weighted by Crippen LogP contribution is -2.30. The molecule has 0 fully saturated rings. The number of esters is 3. The van der Waals surface area contributed by atoms with E-state index in [1.165, 1.54) is 44.9 Å². The van der Waals surface area contributed by atoms with Gasteiger partial charge in [0.15, 0.2) is 6.10 Å². The molecule has 260 valence electrons. The fourth-order valence-corrected chi connectivity index (χ4v) is 4.86. The number of ether oxygens (including phenoxy) is 3. The summed E-state index contributed by atoms with van der Waals surface area (Å²) in [5.41, 5.74) is 0. The molecule has 0 aromatic carbocycles. The number of carbonyl (C=O) groups excluding carboxylic acids is 3. The molecule has 0 spiro atoms. The van der Waals surface area contributed by atoms with Crippen LogP contribution in [0.15, 0.2) is 36.5 Å². The molecule has 0 N–H and O–H groups in total. The molecular weight excluding hydrogens is 564 g/mol. The molecule has 1 atom stereocenters. The summed E-state index contributed by atoms with van der Waals surface area (Å²) in [5.74, 6) is -0.937. The van der Waals surface area contributed by atoms with Crippen molar-refractivity contribution in [2.75, 3.05) is 13.2 Å². The standard InChI is InChI=1S/C39H68O6/c1-4-7-10-13-15-17-18-19-20-22-23-26-29-32-38(41)44-35-36(34-43-37(40)31-28-25-12-9-6-3)45-39(42)33-30-27-24-21-16-14-11-8-5-2/h7,10,15,17,19-20,36H,4-6,8-9,11-14,16,18,21-35H2,1-3H3/b10-7-,17-15-,20-19-. The van der Waals surface area contributed by atoms with Crippen molar-refractivity contribution in [3.8, 4) is 0 Å². The lowest BCUT2D eigenvalue weighted by molar-refractivity contribution is -0.167. The summed E-state index contributed by atoms with van der Waals surface area (Å²) in [5, 5.41) is 0. The highest BCUT2D eigenvalue weighted by Gasteiger charge is 2.19. The third kappa shape index (κ3) is 32.8. The number of hydrogen-bond acceptors (Lipinski definition) is 6. The van der Waals surface area contributed by atoms with Gasteiger partial charge in [-0.25, -0.2) is 0 Å². The van der Waals surface area contributed by atoms with Crippen molar-refractivity contribution in [3.05, 3.63) is 36.5 Å². The maximum Gasteiger partial charge on any atom is 0.306 e. The number of hydrogen-bond donors (Lipinski definition) is 0. The Balaban J connectivity index is 4.35. The lowest BCUT2D eigenvalue weighted by Gasteiger charge is -2.18. The van der Waals surface area contributed by atoms with Crippen LogP contribution in [0, 0.1) is 0 Å². The van der Waals surface area contributed by atoms with Gasteiger partial charge in [0.25, 0.3) is 0 Å². The molecule has 6 nitrogen and oxygen atoms in total. The second kappa shape index (κ2) is 34.5. The minimum Gasteiger partial charge on any atom is -0.462 e. The number of unbranched alkanes of at least 4 members (excludes halogenated alkanes) is 15. The molecule has 0 saturated carbocycles. The quantitative estimate of drug-likeness (QED) is 0.0318. The van der Waals surface area contributed by atoms with E-state index in [0.717, 1.165) is 89.9 Å². The number of allylic oxidation sites excluding steroid dienone is 6. The Morgan fingerprint density at radius 1 is 0.467 bits per heavy atom. The van der Waals surface area contributed by atoms with Gasteiger partial charge in [-0.15, -0.1) is 0 Å². The van der Waals surface area contributed by atoms with Crippen LogP contribution in [0.4, 0.5) is 0 Å². The van der Waals surface area contributed by atoms with Crippen molar-refractivity contribution < 1.29 is 28.6 Å². The van der Waals surface area contributed by atoms with E-state index in [9.17, 15) is 14.4 Å². The van der Waals surface area contributed by atoms with Gasteiger partial charge in [0.2, 0.25) is 0 Å². The minimum atomic E-state index is -0.772. The molecule has 0 aliphatic rings. The highest BCUT2D eigenvalue weighted by Crippen LogP contribution is 2.12. The van der Waals surface area contributed by atoms with Gasteiger partial charge in [0.1, 0.15) is 13.2 Å². The zero-order valence-electron chi connectivity index (χ0n) is 29.4. The summed E-state index contributed by atoms with van der Waals surface area (Å²) in [7, 11) is 0. The molecule has 1 unspecified atom stereocenters. The van der Waals surface area contributed by atoms with Crippen molar-refractivity contribution in [3.63, 3.8) is 0 Å². The summed E-state index contributed by atoms with van der Waals surface area (Å²) in [6.07, 6.45) is 35.9. The molecular formula is C39H68O6. The molecule has 45 heavy (non-hydrogen) atoms. The van der Waals surface area contributed by atoms with Crippen molar-refractivity contribution in [2.24, 2.45) is 0 Å². The molecule has 0 saturated heterocycles. The SMILES string of the molecule is CC/C=C\C/C=C\C/C=C\CCCCCC(=O)OCC(COC(=O)CCCCCCC)OC(=O)CCCCCCCCCCC. The van der Waals surface area contributed by atoms with E-state index in [-0.39, 0.29) is 31.1 Å². The van der Waals surface area contributed by atoms with Crippen LogP contribution >= 0.6 is 0 Å². The average molecular weight is 633 g/mol. The monoisotopic (exact) mass is 633 g/mol. The molecule has 0 aromatic heterocycles. The molecule has 0 aliphatic carbocycles. The first kappa shape index (κ1) is 42.6. The predicted octanol–water partition coefficient (Wildman–Crippen LogP) is 11.1. The Hall–Kier alpha value is -2.37. The van der Waals surface area contributed by atoms with Crippen molar-refractivity contribution in [1.29, 1.82) is 0 Å². The summed E-state index contributed by atoms with van der Waals surface area (Å²) in [6, 6.07) is 0. The van der Waals surface area contributed by atoms with Crippen molar-refractivity contribution in [1.82, 2.24) is 0 Å². The van der Waals surface area contributed by atoms with Crippen LogP contribution < -0.4 is 0 Å². The smallest absolute Gasteiger partial charge is 0.306 e. The predicted molar refractivity (Wildman–Crippen MR) is 187 cm³/mol. The van der Waals surface area contributed by atoms with Gasteiger partial charge in [-0.2, -0.15) is 0 Å². The summed E-state index contributed by atoms with van der Waals surface area (Å²) in [4.78, 5) is 37.1. The molecule has 6 heteroatoms. The molecule has 0 radical (unpaired) electrons. The number of rotatable bonds is 32. The molecule has 0 aliphatic heterocycles. The topological polar surface area (TPSA) is 78.9 Å². The van der Waals surface area contributed by atoms with Gasteiger partial charge in [-0.1, -0.05) is 141 Å². The molecule has 0 rings (SSSR count). The molecule has 0 amide bonds. The molecule has 0 bridgehead atoms. The summed E-state index contributed by atoms with van der Waals surface area (Å²) >= 11 is 0. The van der Waals surface area contributed by atoms with Crippen molar-refractivity contribution >= 4 is 17.9 Å². The maximum absolute atomic E-state index is 12.5. The van der Waals surface area contributed by atoms with Crippen LogP contribution in [0.3, 0.4) is 0 Å². The highest BCUT2D eigenvalue weighted by atomic mass is 16.6. The third-order valence-corrected chi connectivity index (χ3v) is 7.66. The van der Waals surface area contributed by atoms with E-state index in [0.29, 0.717) is 19.3 Å². The first-order valence-corrected chi connectivity index (χ1v) is 18.5. The van der Waals surface area contributed by atoms with E-state index < -0.39 is 6.10 Å². The van der Waals surface area contributed by atoms with E-state index in [1.54, 1.807) is 0 Å². The molecule has 0 aromatic rings. The Kier molecular flexibility index (Phi) is 32.7. The van der Waals surface area contributed by atoms with E-state index in [1.807, 2.05) is 0 Å². The minimum absolute atomic E-state index is 0.0818. The first-order valence-electron chi connectivity index (χ1n) is 18.5. The second-order valence-corrected chi connectivity index (χ2v) is 12.1. The van der Waals surface area contributed by atoms with Gasteiger partial charge in [0.05, 0.1) is 0 Å². The highest BCUT2D eigenvalue weighted by molar-refractivity contribution is 5.71. The average Bonchev–Trinajstić information content (AvgIpc) is 3.03. The van der Waals surface area contributed by atoms with E-state index in [4.69, 9.17) is 14.2 Å². The van der Waals surface area contributed by atoms with Crippen LogP contribution in [0.25, 0.3) is 0 Å². The van der Waals surface area contributed by atoms with Gasteiger partial charge < -0.3 is 14.2 Å². The second-order valence-electron chi connectivity index (χ2n) is 12.1. The Morgan fingerprint density at radius 2 is 0.867 bits per heavy atom. The largest absolute Gasteiger partial charge is 0.462 e. The van der Waals surface area contributed by atoms with Crippen molar-refractivity contribution in [2.45, 2.75) is 181 Å². The first-order chi connectivity index (χ1) is 22.0. The third-order valence-electron chi connectivity index (χ3n) is 7.66. The zero-order chi connectivity index (χ0) is 33.1. The fourth-order valence-electron chi connectivity index (χ4n) is 4.86. The molecule has 0 heterocycles. The fraction of sp³-hybridized carbons (Fsp3) is 0.769. The van der Waals surface area contributed by atoms with Gasteiger partial charge in [-0.3, -0.25) is 14.4 Å². The van der Waals surface area contributed by atoms with E-state index >= 15 is 0 Å². The Labute approximate surface area is 276 Å². The maximum atomic E-state index is 12.5. The van der Waals surface area contributed by atoms with E-state index in [2.05, 4.69) is 57.2 Å². The summed E-state index contributed by atoms with van der Waals surface area (Å²) in [6.45, 7) is 6.35. The zero-order valence-corrected chi connectivity index (χ0v) is 29.4. The van der Waals surface area contributed by atoms with Crippen LogP contribution in [0.2, 0.25) is 0 Å². The Morgan fingerprint density at radius 3 is 1.36 bits per heavy atom. The summed E-state index contributed by atoms with van der Waals surface area (Å²) < 4.78 is 16.4. The van der Waals surface area contributed by atoms with Gasteiger partial charge >= 0.3 is 17.9 Å². The van der Waals surface area contributed by atoms with Crippen LogP contribution in [-0.2, 0) is 28.6 Å². The van der Waals surface area contributed by atoms with Gasteiger partial charge in [0, 0.05) is 19.3 Å². The van der Waals surface area contributed by atoms with Crippen LogP contribution in [0.1, 0.15) is 175 Å². The normalized spacial score (nSPS) is 12.3. The lowest BCUT2D eigenvalue weighted by atomic mass is 10.1. The Bertz CT molecular complexity index is 784. The van der Waals surface area contributed by atoms with Crippen LogP contribution in [-0.4, -0.2) is 37.2 Å². The van der Waals surface area contributed by atoms with Crippen LogP contribution in [0.5, 0.6) is 0 Å². The number of carbonyl (C=O) groups is 3. The van der Waals surface area contributed by atoms with Gasteiger partial charge in [-0.05, 0) is 51.4 Å².